The molecule has 1 aliphatic rings. The molecule has 0 amide bonds. The first-order valence-electron chi connectivity index (χ1n) is 9.53. The summed E-state index contributed by atoms with van der Waals surface area (Å²) in [6.45, 7) is 9.42. The molecule has 0 spiro atoms. The predicted octanol–water partition coefficient (Wildman–Crippen LogP) is 5.64. The lowest BCUT2D eigenvalue weighted by atomic mass is 9.95. The van der Waals surface area contributed by atoms with Crippen LogP contribution in [0.25, 0.3) is 34.2 Å². The molecule has 0 radical (unpaired) electrons. The van der Waals surface area contributed by atoms with E-state index in [9.17, 15) is 15.0 Å². The van der Waals surface area contributed by atoms with Gasteiger partial charge >= 0.3 is 0 Å². The Morgan fingerprint density at radius 3 is 2.53 bits per heavy atom. The van der Waals surface area contributed by atoms with Gasteiger partial charge in [0.2, 0.25) is 5.43 Å². The third-order valence-electron chi connectivity index (χ3n) is 4.95. The third-order valence-corrected chi connectivity index (χ3v) is 4.95. The maximum absolute atomic E-state index is 13.5. The molecule has 0 atom stereocenters. The fourth-order valence-corrected chi connectivity index (χ4v) is 3.43. The van der Waals surface area contributed by atoms with Crippen molar-refractivity contribution in [2.75, 3.05) is 0 Å². The van der Waals surface area contributed by atoms with Crippen molar-refractivity contribution in [1.29, 1.82) is 0 Å². The minimum atomic E-state index is -0.650. The highest BCUT2D eigenvalue weighted by Crippen LogP contribution is 2.45. The fourth-order valence-electron chi connectivity index (χ4n) is 3.43. The minimum absolute atomic E-state index is 0.0257. The van der Waals surface area contributed by atoms with Crippen molar-refractivity contribution < 1.29 is 19.4 Å². The van der Waals surface area contributed by atoms with E-state index in [-0.39, 0.29) is 33.6 Å². The van der Waals surface area contributed by atoms with Crippen LogP contribution in [0.2, 0.25) is 0 Å². The Hall–Kier alpha value is -3.73. The van der Waals surface area contributed by atoms with Crippen LogP contribution in [0.3, 0.4) is 0 Å². The lowest BCUT2D eigenvalue weighted by Crippen LogP contribution is -2.28. The zero-order valence-corrected chi connectivity index (χ0v) is 17.0. The van der Waals surface area contributed by atoms with Gasteiger partial charge in [-0.1, -0.05) is 30.4 Å². The van der Waals surface area contributed by atoms with Gasteiger partial charge in [0.25, 0.3) is 0 Å². The van der Waals surface area contributed by atoms with Crippen molar-refractivity contribution in [3.8, 4) is 28.4 Å². The van der Waals surface area contributed by atoms with Crippen molar-refractivity contribution in [2.45, 2.75) is 26.4 Å². The topological polar surface area (TPSA) is 79.9 Å². The molecule has 1 aliphatic heterocycles. The van der Waals surface area contributed by atoms with Crippen LogP contribution in [0, 0.1) is 0 Å². The monoisotopic (exact) mass is 402 g/mol. The van der Waals surface area contributed by atoms with E-state index in [4.69, 9.17) is 9.15 Å². The van der Waals surface area contributed by atoms with Gasteiger partial charge in [-0.05, 0) is 56.7 Å². The quantitative estimate of drug-likeness (QED) is 0.554. The Kier molecular flexibility index (Phi) is 4.54. The van der Waals surface area contributed by atoms with Gasteiger partial charge < -0.3 is 19.4 Å². The largest absolute Gasteiger partial charge is 0.508 e. The molecule has 0 aliphatic carbocycles. The highest BCUT2D eigenvalue weighted by Gasteiger charge is 2.30. The summed E-state index contributed by atoms with van der Waals surface area (Å²) in [5.74, 6) is 0.368. The number of allylic oxidation sites excluding steroid dienone is 2. The van der Waals surface area contributed by atoms with Crippen molar-refractivity contribution in [3.63, 3.8) is 0 Å². The summed E-state index contributed by atoms with van der Waals surface area (Å²) in [6.07, 6.45) is 8.38. The first-order chi connectivity index (χ1) is 14.2. The van der Waals surface area contributed by atoms with Crippen LogP contribution in [0.5, 0.6) is 17.2 Å². The van der Waals surface area contributed by atoms with E-state index in [1.165, 1.54) is 18.4 Å². The molecule has 0 saturated carbocycles. The number of phenolic OH excluding ortho intramolecular Hbond substituents is 2. The van der Waals surface area contributed by atoms with E-state index < -0.39 is 5.60 Å². The van der Waals surface area contributed by atoms with Gasteiger partial charge in [0.15, 0.2) is 5.58 Å². The van der Waals surface area contributed by atoms with Crippen LogP contribution in [-0.4, -0.2) is 15.8 Å². The van der Waals surface area contributed by atoms with E-state index in [2.05, 4.69) is 6.58 Å². The van der Waals surface area contributed by atoms with Gasteiger partial charge in [-0.3, -0.25) is 4.79 Å². The summed E-state index contributed by atoms with van der Waals surface area (Å²) in [5.41, 5.74) is 1.85. The average molecular weight is 402 g/mol. The molecule has 0 fully saturated rings. The van der Waals surface area contributed by atoms with Gasteiger partial charge in [0.1, 0.15) is 34.5 Å². The molecule has 0 unspecified atom stereocenters. The molecule has 4 rings (SSSR count). The summed E-state index contributed by atoms with van der Waals surface area (Å²) in [5, 5.41) is 20.7. The Bertz CT molecular complexity index is 1290. The maximum Gasteiger partial charge on any atom is 0.204 e. The third kappa shape index (κ3) is 3.28. The van der Waals surface area contributed by atoms with E-state index in [1.807, 2.05) is 26.8 Å². The normalized spacial score (nSPS) is 14.6. The number of fused-ring (bicyclic) bond motifs is 3. The summed E-state index contributed by atoms with van der Waals surface area (Å²) in [6, 6.07) is 6.31. The molecule has 3 aromatic rings. The number of phenols is 2. The molecule has 30 heavy (non-hydrogen) atoms. The standard InChI is InChI=1S/C25H22O5/c1-14(2)5-10-17-21(27)18-11-12-25(3,4)30-24(18)20-22(28)19(13-29-23(17)20)15-6-8-16(26)9-7-15/h5-13,26-27H,1H2,2-4H3/b10-5+. The van der Waals surface area contributed by atoms with E-state index >= 15 is 0 Å². The van der Waals surface area contributed by atoms with Crippen LogP contribution in [0.15, 0.2) is 64.0 Å². The molecular weight excluding hydrogens is 380 g/mol. The lowest BCUT2D eigenvalue weighted by molar-refractivity contribution is 0.160. The second-order valence-electron chi connectivity index (χ2n) is 7.95. The summed E-state index contributed by atoms with van der Waals surface area (Å²) >= 11 is 0. The summed E-state index contributed by atoms with van der Waals surface area (Å²) in [4.78, 5) is 13.5. The van der Waals surface area contributed by atoms with Gasteiger partial charge in [-0.2, -0.15) is 0 Å². The second kappa shape index (κ2) is 6.95. The zero-order chi connectivity index (χ0) is 21.6. The number of hydrogen-bond donors (Lipinski definition) is 2. The number of hydrogen-bond acceptors (Lipinski definition) is 5. The van der Waals surface area contributed by atoms with E-state index in [1.54, 1.807) is 30.4 Å². The number of aromatic hydroxyl groups is 2. The predicted molar refractivity (Wildman–Crippen MR) is 119 cm³/mol. The van der Waals surface area contributed by atoms with Crippen molar-refractivity contribution >= 4 is 23.1 Å². The van der Waals surface area contributed by atoms with E-state index in [0.29, 0.717) is 22.3 Å². The Balaban J connectivity index is 2.10. The number of ether oxygens (including phenoxy) is 1. The van der Waals surface area contributed by atoms with Crippen molar-refractivity contribution in [2.24, 2.45) is 0 Å². The fraction of sp³-hybridized carbons (Fsp3) is 0.160. The van der Waals surface area contributed by atoms with Crippen LogP contribution >= 0.6 is 0 Å². The SMILES string of the molecule is C=C(C)/C=C/c1c(O)c2c(c3c(=O)c(-c4ccc(O)cc4)coc13)OC(C)(C)C=C2. The molecule has 5 heteroatoms. The Morgan fingerprint density at radius 2 is 1.87 bits per heavy atom. The molecule has 0 saturated heterocycles. The van der Waals surface area contributed by atoms with Gasteiger partial charge in [0.05, 0.1) is 16.7 Å². The van der Waals surface area contributed by atoms with Gasteiger partial charge in [0, 0.05) is 0 Å². The van der Waals surface area contributed by atoms with Crippen LogP contribution in [0.4, 0.5) is 0 Å². The van der Waals surface area contributed by atoms with Crippen LogP contribution in [-0.2, 0) is 0 Å². The van der Waals surface area contributed by atoms with Crippen LogP contribution in [0.1, 0.15) is 31.9 Å². The molecule has 2 heterocycles. The molecular formula is C25H22O5. The van der Waals surface area contributed by atoms with Crippen LogP contribution < -0.4 is 10.2 Å². The summed E-state index contributed by atoms with van der Waals surface area (Å²) < 4.78 is 12.0. The maximum atomic E-state index is 13.5. The Labute approximate surface area is 173 Å². The van der Waals surface area contributed by atoms with Crippen molar-refractivity contribution in [3.05, 3.63) is 76.2 Å². The zero-order valence-electron chi connectivity index (χ0n) is 17.0. The minimum Gasteiger partial charge on any atom is -0.508 e. The first kappa shape index (κ1) is 19.6. The van der Waals surface area contributed by atoms with Gasteiger partial charge in [-0.25, -0.2) is 0 Å². The second-order valence-corrected chi connectivity index (χ2v) is 7.95. The molecule has 5 nitrogen and oxygen atoms in total. The molecule has 2 aromatic carbocycles. The summed E-state index contributed by atoms with van der Waals surface area (Å²) in [7, 11) is 0. The molecule has 0 bridgehead atoms. The molecule has 152 valence electrons. The van der Waals surface area contributed by atoms with Gasteiger partial charge in [-0.15, -0.1) is 0 Å². The van der Waals surface area contributed by atoms with Crippen molar-refractivity contribution in [1.82, 2.24) is 0 Å². The molecule has 1 aromatic heterocycles. The average Bonchev–Trinajstić information content (AvgIpc) is 2.67. The highest BCUT2D eigenvalue weighted by atomic mass is 16.5. The highest BCUT2D eigenvalue weighted by molar-refractivity contribution is 5.99. The number of rotatable bonds is 3. The smallest absolute Gasteiger partial charge is 0.204 e. The first-order valence-corrected chi connectivity index (χ1v) is 9.53. The van der Waals surface area contributed by atoms with E-state index in [0.717, 1.165) is 5.57 Å². The Morgan fingerprint density at radius 1 is 1.17 bits per heavy atom. The number of benzene rings is 2. The molecule has 2 N–H and O–H groups in total. The lowest BCUT2D eigenvalue weighted by Gasteiger charge is -2.29.